The third-order valence-electron chi connectivity index (χ3n) is 3.92. The van der Waals surface area contributed by atoms with Crippen LogP contribution in [0.25, 0.3) is 0 Å². The van der Waals surface area contributed by atoms with E-state index in [0.717, 1.165) is 18.4 Å². The minimum absolute atomic E-state index is 0.0907. The summed E-state index contributed by atoms with van der Waals surface area (Å²) in [6.07, 6.45) is 4.76. The molecule has 2 rings (SSSR count). The predicted octanol–water partition coefficient (Wildman–Crippen LogP) is 2.25. The number of carbonyl (C=O) groups excluding carboxylic acids is 2. The summed E-state index contributed by atoms with van der Waals surface area (Å²) in [6, 6.07) is 5.67. The van der Waals surface area contributed by atoms with E-state index in [1.807, 2.05) is 0 Å². The van der Waals surface area contributed by atoms with E-state index in [9.17, 15) is 9.59 Å². The van der Waals surface area contributed by atoms with Crippen molar-refractivity contribution in [3.05, 3.63) is 29.3 Å². The van der Waals surface area contributed by atoms with Gasteiger partial charge in [-0.15, -0.1) is 0 Å². The number of esters is 1. The molecule has 1 aromatic carbocycles. The van der Waals surface area contributed by atoms with Crippen LogP contribution in [0.5, 0.6) is 0 Å². The van der Waals surface area contributed by atoms with E-state index in [4.69, 9.17) is 4.74 Å². The molecule has 0 unspecified atom stereocenters. The fraction of sp³-hybridized carbons (Fsp3) is 0.500. The second kappa shape index (κ2) is 7.22. The van der Waals surface area contributed by atoms with Crippen molar-refractivity contribution < 1.29 is 14.3 Å². The van der Waals surface area contributed by atoms with Crippen LogP contribution in [0.3, 0.4) is 0 Å². The lowest BCUT2D eigenvalue weighted by Gasteiger charge is -2.14. The number of rotatable bonds is 5. The van der Waals surface area contributed by atoms with Gasteiger partial charge < -0.3 is 15.4 Å². The largest absolute Gasteiger partial charge is 0.465 e. The molecule has 2 N–H and O–H groups in total. The van der Waals surface area contributed by atoms with Crippen LogP contribution >= 0.6 is 0 Å². The highest BCUT2D eigenvalue weighted by molar-refractivity contribution is 5.97. The Kier molecular flexibility index (Phi) is 5.33. The Morgan fingerprint density at radius 1 is 1.29 bits per heavy atom. The number of carbonyl (C=O) groups is 2. The van der Waals surface area contributed by atoms with Crippen molar-refractivity contribution in [2.75, 3.05) is 19.0 Å². The number of hydrogen-bond donors (Lipinski definition) is 2. The maximum absolute atomic E-state index is 12.0. The van der Waals surface area contributed by atoms with Gasteiger partial charge in [0.05, 0.1) is 19.2 Å². The summed E-state index contributed by atoms with van der Waals surface area (Å²) < 4.78 is 4.73. The van der Waals surface area contributed by atoms with Gasteiger partial charge in [0.2, 0.25) is 5.91 Å². The van der Waals surface area contributed by atoms with Crippen molar-refractivity contribution in [2.45, 2.75) is 38.6 Å². The van der Waals surface area contributed by atoms with Crippen LogP contribution in [0.1, 0.15) is 41.6 Å². The Hall–Kier alpha value is -1.88. The van der Waals surface area contributed by atoms with Gasteiger partial charge in [-0.25, -0.2) is 4.79 Å². The molecular weight excluding hydrogens is 268 g/mol. The molecule has 0 heterocycles. The van der Waals surface area contributed by atoms with Gasteiger partial charge in [-0.05, 0) is 37.5 Å². The average Bonchev–Trinajstić information content (AvgIpc) is 3.00. The zero-order chi connectivity index (χ0) is 15.2. The first-order valence-corrected chi connectivity index (χ1v) is 7.33. The molecule has 21 heavy (non-hydrogen) atoms. The molecule has 5 heteroatoms. The Labute approximate surface area is 125 Å². The van der Waals surface area contributed by atoms with Crippen molar-refractivity contribution in [3.8, 4) is 0 Å². The van der Waals surface area contributed by atoms with E-state index < -0.39 is 5.97 Å². The number of amides is 1. The molecule has 0 spiro atoms. The van der Waals surface area contributed by atoms with Crippen LogP contribution in [-0.2, 0) is 9.53 Å². The lowest BCUT2D eigenvalue weighted by Crippen LogP contribution is -2.34. The molecule has 1 amide bonds. The molecule has 0 atom stereocenters. The second-order valence-corrected chi connectivity index (χ2v) is 5.38. The smallest absolute Gasteiger partial charge is 0.338 e. The topological polar surface area (TPSA) is 67.4 Å². The minimum atomic E-state index is -0.396. The van der Waals surface area contributed by atoms with Gasteiger partial charge in [0.25, 0.3) is 0 Å². The first kappa shape index (κ1) is 15.5. The monoisotopic (exact) mass is 290 g/mol. The van der Waals surface area contributed by atoms with Gasteiger partial charge in [-0.3, -0.25) is 4.79 Å². The predicted molar refractivity (Wildman–Crippen MR) is 81.4 cm³/mol. The highest BCUT2D eigenvalue weighted by atomic mass is 16.5. The fourth-order valence-corrected chi connectivity index (χ4v) is 2.66. The Morgan fingerprint density at radius 2 is 2.00 bits per heavy atom. The van der Waals surface area contributed by atoms with Crippen molar-refractivity contribution in [1.82, 2.24) is 5.32 Å². The Bertz CT molecular complexity index is 522. The van der Waals surface area contributed by atoms with Crippen molar-refractivity contribution in [1.29, 1.82) is 0 Å². The third-order valence-corrected chi connectivity index (χ3v) is 3.92. The first-order chi connectivity index (χ1) is 10.1. The summed E-state index contributed by atoms with van der Waals surface area (Å²) in [6.45, 7) is 2.10. The lowest BCUT2D eigenvalue weighted by atomic mass is 10.1. The molecule has 1 fully saturated rings. The maximum Gasteiger partial charge on any atom is 0.338 e. The molecule has 1 aromatic rings. The molecule has 0 bridgehead atoms. The summed E-state index contributed by atoms with van der Waals surface area (Å²) in [5.74, 6) is -0.486. The zero-order valence-electron chi connectivity index (χ0n) is 12.6. The summed E-state index contributed by atoms with van der Waals surface area (Å²) in [4.78, 5) is 23.6. The maximum atomic E-state index is 12.0. The molecule has 1 aliphatic carbocycles. The van der Waals surface area contributed by atoms with Crippen molar-refractivity contribution in [2.24, 2.45) is 0 Å². The number of nitrogens with one attached hydrogen (secondary N) is 2. The van der Waals surface area contributed by atoms with Gasteiger partial charge >= 0.3 is 5.97 Å². The van der Waals surface area contributed by atoms with Gasteiger partial charge in [-0.2, -0.15) is 0 Å². The van der Waals surface area contributed by atoms with Crippen LogP contribution in [0.2, 0.25) is 0 Å². The van der Waals surface area contributed by atoms with Crippen LogP contribution < -0.4 is 10.6 Å². The van der Waals surface area contributed by atoms with Gasteiger partial charge in [0.15, 0.2) is 0 Å². The summed E-state index contributed by atoms with van der Waals surface area (Å²) >= 11 is 0. The average molecular weight is 290 g/mol. The summed E-state index contributed by atoms with van der Waals surface area (Å²) in [5, 5.41) is 6.11. The van der Waals surface area contributed by atoms with E-state index >= 15 is 0 Å². The van der Waals surface area contributed by atoms with E-state index in [-0.39, 0.29) is 5.91 Å². The van der Waals surface area contributed by atoms with Gasteiger partial charge in [-0.1, -0.05) is 18.9 Å². The standard InChI is InChI=1S/C16H22N2O3/c1-11-13(16(20)21-2)8-5-9-14(11)18-15(19)10-17-12-6-3-4-7-12/h5,8-9,12,17H,3-4,6-7,10H2,1-2H3,(H,18,19). The fourth-order valence-electron chi connectivity index (χ4n) is 2.66. The molecular formula is C16H22N2O3. The molecule has 0 aliphatic heterocycles. The quantitative estimate of drug-likeness (QED) is 0.816. The highest BCUT2D eigenvalue weighted by Gasteiger charge is 2.16. The number of benzene rings is 1. The number of methoxy groups -OCH3 is 1. The van der Waals surface area contributed by atoms with E-state index in [1.165, 1.54) is 20.0 Å². The SMILES string of the molecule is COC(=O)c1cccc(NC(=O)CNC2CCCC2)c1C. The number of ether oxygens (including phenoxy) is 1. The zero-order valence-corrected chi connectivity index (χ0v) is 12.6. The van der Waals surface area contributed by atoms with Gasteiger partial charge in [0, 0.05) is 11.7 Å². The lowest BCUT2D eigenvalue weighted by molar-refractivity contribution is -0.115. The summed E-state index contributed by atoms with van der Waals surface area (Å²) in [5.41, 5.74) is 1.84. The molecule has 1 aliphatic rings. The van der Waals surface area contributed by atoms with E-state index in [0.29, 0.717) is 23.8 Å². The van der Waals surface area contributed by atoms with E-state index in [1.54, 1.807) is 25.1 Å². The van der Waals surface area contributed by atoms with Crippen LogP contribution in [0.4, 0.5) is 5.69 Å². The van der Waals surface area contributed by atoms with Crippen molar-refractivity contribution >= 4 is 17.6 Å². The molecule has 5 nitrogen and oxygen atoms in total. The summed E-state index contributed by atoms with van der Waals surface area (Å²) in [7, 11) is 1.35. The molecule has 0 saturated heterocycles. The molecule has 0 aromatic heterocycles. The number of anilines is 1. The van der Waals surface area contributed by atoms with Crippen molar-refractivity contribution in [3.63, 3.8) is 0 Å². The third kappa shape index (κ3) is 4.04. The Morgan fingerprint density at radius 3 is 2.67 bits per heavy atom. The normalized spacial score (nSPS) is 15.0. The molecule has 0 radical (unpaired) electrons. The highest BCUT2D eigenvalue weighted by Crippen LogP contribution is 2.20. The number of hydrogen-bond acceptors (Lipinski definition) is 4. The van der Waals surface area contributed by atoms with Crippen LogP contribution in [0, 0.1) is 6.92 Å². The van der Waals surface area contributed by atoms with Crippen LogP contribution in [0.15, 0.2) is 18.2 Å². The molecule has 114 valence electrons. The van der Waals surface area contributed by atoms with Crippen LogP contribution in [-0.4, -0.2) is 31.6 Å². The first-order valence-electron chi connectivity index (χ1n) is 7.33. The minimum Gasteiger partial charge on any atom is -0.465 e. The van der Waals surface area contributed by atoms with Gasteiger partial charge in [0.1, 0.15) is 0 Å². The Balaban J connectivity index is 1.95. The van der Waals surface area contributed by atoms with E-state index in [2.05, 4.69) is 10.6 Å². The second-order valence-electron chi connectivity index (χ2n) is 5.38. The molecule has 1 saturated carbocycles.